The van der Waals surface area contributed by atoms with Crippen LogP contribution in [0, 0.1) is 0 Å². The molecule has 0 spiro atoms. The van der Waals surface area contributed by atoms with Crippen molar-refractivity contribution in [1.29, 1.82) is 0 Å². The second-order valence-corrected chi connectivity index (χ2v) is 2.46. The number of phosphoric acid groups is 1. The van der Waals surface area contributed by atoms with E-state index in [1.807, 2.05) is 0 Å². The quantitative estimate of drug-likeness (QED) is 0.231. The van der Waals surface area contributed by atoms with Gasteiger partial charge in [-0.1, -0.05) is 6.58 Å². The molecule has 10 heteroatoms. The Morgan fingerprint density at radius 2 is 1.62 bits per heavy atom. The summed E-state index contributed by atoms with van der Waals surface area (Å²) in [6, 6.07) is 0. The fourth-order valence-corrected chi connectivity index (χ4v) is 0.542. The van der Waals surface area contributed by atoms with Gasteiger partial charge in [0.15, 0.2) is 0 Å². The topological polar surface area (TPSA) is 107 Å². The van der Waals surface area contributed by atoms with Crippen molar-refractivity contribution in [3.8, 4) is 0 Å². The molecular weight excluding hydrogens is 280 g/mol. The molecule has 0 rings (SSSR count). The molecule has 13 heavy (non-hydrogen) atoms. The predicted octanol–water partition coefficient (Wildman–Crippen LogP) is -10.6. The minimum absolute atomic E-state index is 0. The summed E-state index contributed by atoms with van der Waals surface area (Å²) >= 11 is 0. The van der Waals surface area contributed by atoms with Crippen LogP contribution in [0.1, 0.15) is 0 Å². The first kappa shape index (κ1) is 25.8. The molecule has 0 unspecified atom stereocenters. The van der Waals surface area contributed by atoms with Crippen molar-refractivity contribution in [1.82, 2.24) is 0 Å². The Hall–Kier alpha value is 4.07. The molecule has 0 radical (unpaired) electrons. The number of rotatable bonds is 3. The molecule has 0 aromatic rings. The SMILES string of the molecule is C=C(OP(=O)(O)O)C(=O)[O-].[K+].[K+].[K+]. The summed E-state index contributed by atoms with van der Waals surface area (Å²) in [6.07, 6.45) is 0. The van der Waals surface area contributed by atoms with Crippen LogP contribution in [0.25, 0.3) is 0 Å². The molecule has 0 amide bonds. The van der Waals surface area contributed by atoms with E-state index in [1.165, 1.54) is 0 Å². The smallest absolute Gasteiger partial charge is 0.542 e. The Morgan fingerprint density at radius 1 is 1.31 bits per heavy atom. The summed E-state index contributed by atoms with van der Waals surface area (Å²) in [4.78, 5) is 25.6. The van der Waals surface area contributed by atoms with E-state index in [-0.39, 0.29) is 154 Å². The fraction of sp³-hybridized carbons (Fsp3) is 0. The number of carboxylic acids is 1. The van der Waals surface area contributed by atoms with Crippen molar-refractivity contribution in [3.63, 3.8) is 0 Å². The van der Waals surface area contributed by atoms with E-state index >= 15 is 0 Å². The summed E-state index contributed by atoms with van der Waals surface area (Å²) < 4.78 is 13.4. The Labute approximate surface area is 203 Å². The maximum atomic E-state index is 9.87. The first-order valence-corrected chi connectivity index (χ1v) is 3.51. The molecule has 2 N–H and O–H groups in total. The average Bonchev–Trinajstić information content (AvgIpc) is 1.60. The molecule has 0 atom stereocenters. The van der Waals surface area contributed by atoms with Gasteiger partial charge >= 0.3 is 162 Å². The van der Waals surface area contributed by atoms with Crippen LogP contribution in [0.3, 0.4) is 0 Å². The Balaban J connectivity index is -0.000000135. The second-order valence-electron chi connectivity index (χ2n) is 1.29. The number of phosphoric ester groups is 1. The molecular formula is C3H4K3O6P+2. The molecule has 0 fully saturated rings. The van der Waals surface area contributed by atoms with E-state index in [1.54, 1.807) is 0 Å². The average molecular weight is 284 g/mol. The third kappa shape index (κ3) is 18.6. The summed E-state index contributed by atoms with van der Waals surface area (Å²) in [5, 5.41) is 9.70. The van der Waals surface area contributed by atoms with Crippen molar-refractivity contribution < 1.29 is 183 Å². The van der Waals surface area contributed by atoms with Gasteiger partial charge in [0.25, 0.3) is 0 Å². The van der Waals surface area contributed by atoms with E-state index < -0.39 is 19.6 Å². The zero-order valence-corrected chi connectivity index (χ0v) is 17.9. The Morgan fingerprint density at radius 3 is 1.69 bits per heavy atom. The maximum absolute atomic E-state index is 9.87. The second kappa shape index (κ2) is 12.5. The molecule has 6 nitrogen and oxygen atoms in total. The van der Waals surface area contributed by atoms with E-state index in [9.17, 15) is 14.5 Å². The monoisotopic (exact) mass is 284 g/mol. The predicted molar refractivity (Wildman–Crippen MR) is 27.3 cm³/mol. The zero-order chi connectivity index (χ0) is 8.36. The molecule has 0 bridgehead atoms. The molecule has 0 aliphatic heterocycles. The van der Waals surface area contributed by atoms with Gasteiger partial charge in [-0.15, -0.1) is 0 Å². The number of hydrogen-bond acceptors (Lipinski definition) is 4. The van der Waals surface area contributed by atoms with E-state index in [2.05, 4.69) is 11.1 Å². The van der Waals surface area contributed by atoms with Crippen LogP contribution in [0.4, 0.5) is 0 Å². The van der Waals surface area contributed by atoms with E-state index in [4.69, 9.17) is 9.79 Å². The number of carbonyl (C=O) groups excluding carboxylic acids is 1. The van der Waals surface area contributed by atoms with Crippen molar-refractivity contribution in [2.24, 2.45) is 0 Å². The van der Waals surface area contributed by atoms with E-state index in [0.717, 1.165) is 0 Å². The van der Waals surface area contributed by atoms with Crippen LogP contribution in [-0.2, 0) is 13.9 Å². The summed E-state index contributed by atoms with van der Waals surface area (Å²) in [5.74, 6) is -2.95. The summed E-state index contributed by atoms with van der Waals surface area (Å²) in [6.45, 7) is 2.66. The van der Waals surface area contributed by atoms with E-state index in [0.29, 0.717) is 0 Å². The Bertz CT molecular complexity index is 211. The standard InChI is InChI=1S/C3H5O6P.3K/c1-2(3(4)5)9-10(6,7)8;;;/h1H2,(H,4,5)(H2,6,7,8);;;/q;3*+1/p-1. The van der Waals surface area contributed by atoms with Crippen LogP contribution >= 0.6 is 7.82 Å². The number of carboxylic acid groups (broad SMARTS) is 1. The third-order valence-electron chi connectivity index (χ3n) is 0.457. The molecule has 0 heterocycles. The van der Waals surface area contributed by atoms with Gasteiger partial charge in [-0.05, 0) is 0 Å². The fourth-order valence-electron chi connectivity index (χ4n) is 0.181. The van der Waals surface area contributed by atoms with Crippen LogP contribution < -0.4 is 159 Å². The van der Waals surface area contributed by atoms with Crippen LogP contribution in [0.5, 0.6) is 0 Å². The van der Waals surface area contributed by atoms with Crippen LogP contribution in [0.15, 0.2) is 12.3 Å². The minimum Gasteiger partial charge on any atom is -0.542 e. The largest absolute Gasteiger partial charge is 1.00 e. The van der Waals surface area contributed by atoms with Crippen molar-refractivity contribution in [2.75, 3.05) is 0 Å². The molecule has 0 aromatic carbocycles. The van der Waals surface area contributed by atoms with Crippen molar-refractivity contribution >= 4 is 13.8 Å². The van der Waals surface area contributed by atoms with Gasteiger partial charge < -0.3 is 14.4 Å². The molecule has 58 valence electrons. The number of aliphatic carboxylic acids is 1. The van der Waals surface area contributed by atoms with Gasteiger partial charge in [0.1, 0.15) is 11.7 Å². The first-order chi connectivity index (χ1) is 4.33. The molecule has 0 aliphatic carbocycles. The van der Waals surface area contributed by atoms with Gasteiger partial charge in [-0.25, -0.2) is 4.57 Å². The maximum Gasteiger partial charge on any atom is 1.00 e. The zero-order valence-electron chi connectivity index (χ0n) is 7.68. The van der Waals surface area contributed by atoms with Crippen LogP contribution in [0.2, 0.25) is 0 Å². The van der Waals surface area contributed by atoms with Gasteiger partial charge in [-0.3, -0.25) is 9.79 Å². The normalized spacial score (nSPS) is 8.15. The number of hydrogen-bond donors (Lipinski definition) is 2. The molecule has 0 aromatic heterocycles. The molecule has 0 saturated carbocycles. The number of carbonyl (C=O) groups is 1. The van der Waals surface area contributed by atoms with Gasteiger partial charge in [0, 0.05) is 0 Å². The first-order valence-electron chi connectivity index (χ1n) is 1.98. The summed E-state index contributed by atoms with van der Waals surface area (Å²) in [7, 11) is -4.80. The van der Waals surface area contributed by atoms with Gasteiger partial charge in [0.2, 0.25) is 0 Å². The van der Waals surface area contributed by atoms with Crippen molar-refractivity contribution in [3.05, 3.63) is 12.3 Å². The molecule has 0 saturated heterocycles. The Kier molecular flexibility index (Phi) is 24.9. The van der Waals surface area contributed by atoms with Gasteiger partial charge in [0.05, 0.1) is 0 Å². The minimum atomic E-state index is -4.80. The third-order valence-corrected chi connectivity index (χ3v) is 0.915. The summed E-state index contributed by atoms with van der Waals surface area (Å²) in [5.41, 5.74) is 0. The van der Waals surface area contributed by atoms with Gasteiger partial charge in [-0.2, -0.15) is 0 Å². The van der Waals surface area contributed by atoms with Crippen molar-refractivity contribution in [2.45, 2.75) is 0 Å². The van der Waals surface area contributed by atoms with Crippen LogP contribution in [-0.4, -0.2) is 15.8 Å². The molecule has 0 aliphatic rings.